The molecule has 1 heterocycles. The Morgan fingerprint density at radius 1 is 1.04 bits per heavy atom. The molecular formula is C22H27NO3S. The number of hydrogen-bond donors (Lipinski definition) is 0. The zero-order valence-electron chi connectivity index (χ0n) is 16.6. The van der Waals surface area contributed by atoms with Crippen LogP contribution in [-0.4, -0.2) is 37.3 Å². The van der Waals surface area contributed by atoms with E-state index < -0.39 is 0 Å². The van der Waals surface area contributed by atoms with Crippen LogP contribution in [0.25, 0.3) is 0 Å². The molecule has 3 rings (SSSR count). The molecular weight excluding hydrogens is 358 g/mol. The third kappa shape index (κ3) is 3.93. The molecule has 27 heavy (non-hydrogen) atoms. The smallest absolute Gasteiger partial charge is 0.262 e. The molecule has 1 atom stereocenters. The number of benzene rings is 2. The zero-order valence-corrected chi connectivity index (χ0v) is 17.4. The second kappa shape index (κ2) is 7.85. The molecule has 144 valence electrons. The molecule has 1 aliphatic rings. The highest BCUT2D eigenvalue weighted by molar-refractivity contribution is 7.99. The van der Waals surface area contributed by atoms with Crippen LogP contribution in [0.3, 0.4) is 0 Å². The standard InChI is InChI=1S/C22H27NO3S/c1-22(2,3)16-11-9-15(10-12-16)21-23(13-14-27-21)20(24)19-17(25-4)7-6-8-18(19)26-5/h6-12,21H,13-14H2,1-5H3/t21-/m0/s1. The van der Waals surface area contributed by atoms with Gasteiger partial charge >= 0.3 is 0 Å². The average molecular weight is 386 g/mol. The number of thioether (sulfide) groups is 1. The Morgan fingerprint density at radius 3 is 2.15 bits per heavy atom. The van der Waals surface area contributed by atoms with Crippen LogP contribution in [0.5, 0.6) is 11.5 Å². The minimum absolute atomic E-state index is 0.00105. The van der Waals surface area contributed by atoms with Gasteiger partial charge in [-0.1, -0.05) is 51.1 Å². The molecule has 1 fully saturated rings. The minimum Gasteiger partial charge on any atom is -0.496 e. The highest BCUT2D eigenvalue weighted by atomic mass is 32.2. The second-order valence-corrected chi connectivity index (χ2v) is 8.82. The Bertz CT molecular complexity index is 789. The van der Waals surface area contributed by atoms with Crippen LogP contribution in [0.4, 0.5) is 0 Å². The highest BCUT2D eigenvalue weighted by Gasteiger charge is 2.34. The fourth-order valence-electron chi connectivity index (χ4n) is 3.31. The van der Waals surface area contributed by atoms with E-state index >= 15 is 0 Å². The molecule has 4 nitrogen and oxygen atoms in total. The number of ether oxygens (including phenoxy) is 2. The van der Waals surface area contributed by atoms with Crippen molar-refractivity contribution in [2.45, 2.75) is 31.6 Å². The number of nitrogens with zero attached hydrogens (tertiary/aromatic N) is 1. The summed E-state index contributed by atoms with van der Waals surface area (Å²) < 4.78 is 10.9. The van der Waals surface area contributed by atoms with Crippen molar-refractivity contribution in [3.63, 3.8) is 0 Å². The Morgan fingerprint density at radius 2 is 1.63 bits per heavy atom. The number of rotatable bonds is 4. The maximum atomic E-state index is 13.4. The molecule has 1 saturated heterocycles. The molecule has 0 radical (unpaired) electrons. The molecule has 0 N–H and O–H groups in total. The summed E-state index contributed by atoms with van der Waals surface area (Å²) in [5.41, 5.74) is 3.04. The Balaban J connectivity index is 1.92. The third-order valence-electron chi connectivity index (χ3n) is 4.86. The van der Waals surface area contributed by atoms with Crippen LogP contribution in [0.15, 0.2) is 42.5 Å². The van der Waals surface area contributed by atoms with Gasteiger partial charge in [-0.05, 0) is 28.7 Å². The summed E-state index contributed by atoms with van der Waals surface area (Å²) >= 11 is 1.79. The SMILES string of the molecule is COc1cccc(OC)c1C(=O)N1CCS[C@H]1c1ccc(C(C)(C)C)cc1. The number of amides is 1. The van der Waals surface area contributed by atoms with E-state index in [1.165, 1.54) is 5.56 Å². The number of methoxy groups -OCH3 is 2. The molecule has 0 aliphatic carbocycles. The van der Waals surface area contributed by atoms with E-state index in [-0.39, 0.29) is 16.7 Å². The van der Waals surface area contributed by atoms with Gasteiger partial charge in [0.1, 0.15) is 22.4 Å². The molecule has 0 bridgehead atoms. The summed E-state index contributed by atoms with van der Waals surface area (Å²) in [6, 6.07) is 14.0. The Labute approximate surface area is 165 Å². The van der Waals surface area contributed by atoms with Gasteiger partial charge in [-0.15, -0.1) is 11.8 Å². The number of carbonyl (C=O) groups is 1. The normalized spacial score (nSPS) is 17.1. The fourth-order valence-corrected chi connectivity index (χ4v) is 4.56. The van der Waals surface area contributed by atoms with E-state index in [1.54, 1.807) is 38.1 Å². The summed E-state index contributed by atoms with van der Waals surface area (Å²) in [6.07, 6.45) is 0. The monoisotopic (exact) mass is 385 g/mol. The van der Waals surface area contributed by atoms with Crippen molar-refractivity contribution in [2.75, 3.05) is 26.5 Å². The molecule has 0 spiro atoms. The molecule has 2 aromatic carbocycles. The molecule has 5 heteroatoms. The average Bonchev–Trinajstić information content (AvgIpc) is 3.16. The lowest BCUT2D eigenvalue weighted by Gasteiger charge is -2.26. The largest absolute Gasteiger partial charge is 0.496 e. The molecule has 2 aromatic rings. The van der Waals surface area contributed by atoms with Crippen molar-refractivity contribution in [2.24, 2.45) is 0 Å². The maximum Gasteiger partial charge on any atom is 0.262 e. The third-order valence-corrected chi connectivity index (χ3v) is 6.12. The minimum atomic E-state index is -0.0563. The second-order valence-electron chi connectivity index (χ2n) is 7.63. The van der Waals surface area contributed by atoms with Crippen LogP contribution in [0, 0.1) is 0 Å². The molecule has 0 unspecified atom stereocenters. The van der Waals surface area contributed by atoms with E-state index in [4.69, 9.17) is 9.47 Å². The van der Waals surface area contributed by atoms with Gasteiger partial charge in [0.15, 0.2) is 0 Å². The lowest BCUT2D eigenvalue weighted by molar-refractivity contribution is 0.0753. The van der Waals surface area contributed by atoms with Gasteiger partial charge in [0, 0.05) is 12.3 Å². The summed E-state index contributed by atoms with van der Waals surface area (Å²) in [5, 5.41) is 0.00105. The first kappa shape index (κ1) is 19.6. The van der Waals surface area contributed by atoms with Crippen molar-refractivity contribution < 1.29 is 14.3 Å². The fraction of sp³-hybridized carbons (Fsp3) is 0.409. The predicted octanol–water partition coefficient (Wildman–Crippen LogP) is 4.89. The molecule has 0 saturated carbocycles. The summed E-state index contributed by atoms with van der Waals surface area (Å²) in [4.78, 5) is 15.3. The van der Waals surface area contributed by atoms with Crippen molar-refractivity contribution in [1.29, 1.82) is 0 Å². The van der Waals surface area contributed by atoms with Gasteiger partial charge in [0.05, 0.1) is 14.2 Å². The lowest BCUT2D eigenvalue weighted by atomic mass is 9.86. The number of hydrogen-bond acceptors (Lipinski definition) is 4. The van der Waals surface area contributed by atoms with Crippen LogP contribution >= 0.6 is 11.8 Å². The van der Waals surface area contributed by atoms with Crippen molar-refractivity contribution in [3.8, 4) is 11.5 Å². The number of carbonyl (C=O) groups excluding carboxylic acids is 1. The van der Waals surface area contributed by atoms with Gasteiger partial charge in [-0.2, -0.15) is 0 Å². The van der Waals surface area contributed by atoms with Gasteiger partial charge in [-0.25, -0.2) is 0 Å². The first-order valence-corrected chi connectivity index (χ1v) is 10.2. The first-order chi connectivity index (χ1) is 12.9. The summed E-state index contributed by atoms with van der Waals surface area (Å²) in [6.45, 7) is 7.32. The van der Waals surface area contributed by atoms with Gasteiger partial charge < -0.3 is 14.4 Å². The summed E-state index contributed by atoms with van der Waals surface area (Å²) in [7, 11) is 3.15. The van der Waals surface area contributed by atoms with E-state index in [2.05, 4.69) is 45.0 Å². The van der Waals surface area contributed by atoms with E-state index in [1.807, 2.05) is 11.0 Å². The van der Waals surface area contributed by atoms with Crippen LogP contribution in [0.2, 0.25) is 0 Å². The Hall–Kier alpha value is -2.14. The lowest BCUT2D eigenvalue weighted by Crippen LogP contribution is -2.31. The zero-order chi connectivity index (χ0) is 19.6. The van der Waals surface area contributed by atoms with Gasteiger partial charge in [0.2, 0.25) is 0 Å². The van der Waals surface area contributed by atoms with Gasteiger partial charge in [-0.3, -0.25) is 4.79 Å². The molecule has 1 aliphatic heterocycles. The van der Waals surface area contributed by atoms with E-state index in [0.717, 1.165) is 11.3 Å². The first-order valence-electron chi connectivity index (χ1n) is 9.11. The highest BCUT2D eigenvalue weighted by Crippen LogP contribution is 2.41. The topological polar surface area (TPSA) is 38.8 Å². The van der Waals surface area contributed by atoms with Crippen LogP contribution in [0.1, 0.15) is 47.6 Å². The van der Waals surface area contributed by atoms with Crippen molar-refractivity contribution in [1.82, 2.24) is 4.90 Å². The predicted molar refractivity (Wildman–Crippen MR) is 111 cm³/mol. The van der Waals surface area contributed by atoms with Gasteiger partial charge in [0.25, 0.3) is 5.91 Å². The molecule has 1 amide bonds. The van der Waals surface area contributed by atoms with E-state index in [0.29, 0.717) is 23.6 Å². The summed E-state index contributed by atoms with van der Waals surface area (Å²) in [5.74, 6) is 1.94. The molecule has 0 aromatic heterocycles. The Kier molecular flexibility index (Phi) is 5.70. The van der Waals surface area contributed by atoms with Crippen LogP contribution < -0.4 is 9.47 Å². The van der Waals surface area contributed by atoms with Crippen molar-refractivity contribution in [3.05, 3.63) is 59.2 Å². The maximum absolute atomic E-state index is 13.4. The van der Waals surface area contributed by atoms with Crippen molar-refractivity contribution >= 4 is 17.7 Å². The van der Waals surface area contributed by atoms with Crippen LogP contribution in [-0.2, 0) is 5.41 Å². The van der Waals surface area contributed by atoms with E-state index in [9.17, 15) is 4.79 Å². The quantitative estimate of drug-likeness (QED) is 0.751.